The second kappa shape index (κ2) is 7.02. The molecule has 98 valence electrons. The first-order valence-electron chi connectivity index (χ1n) is 6.03. The highest BCUT2D eigenvalue weighted by atomic mass is 35.5. The Kier molecular flexibility index (Phi) is 5.35. The second-order valence-corrected chi connectivity index (χ2v) is 5.87. The smallest absolute Gasteiger partial charge is 0.230 e. The Bertz CT molecular complexity index is 410. The van der Waals surface area contributed by atoms with E-state index >= 15 is 0 Å². The van der Waals surface area contributed by atoms with E-state index in [-0.39, 0.29) is 5.91 Å². The highest BCUT2D eigenvalue weighted by Gasteiger charge is 2.16. The molecule has 0 radical (unpaired) electrons. The number of benzene rings is 1. The Morgan fingerprint density at radius 1 is 1.50 bits per heavy atom. The summed E-state index contributed by atoms with van der Waals surface area (Å²) in [6.07, 6.45) is 0. The SMILES string of the molecule is O=C(CSCc1cccc(Cl)c1)NCC1CNC1. The van der Waals surface area contributed by atoms with Crippen LogP contribution in [0.25, 0.3) is 0 Å². The molecule has 1 aromatic carbocycles. The van der Waals surface area contributed by atoms with Crippen LogP contribution in [0.2, 0.25) is 5.02 Å². The Morgan fingerprint density at radius 2 is 2.33 bits per heavy atom. The van der Waals surface area contributed by atoms with Crippen molar-refractivity contribution in [3.63, 3.8) is 0 Å². The van der Waals surface area contributed by atoms with Gasteiger partial charge >= 0.3 is 0 Å². The van der Waals surface area contributed by atoms with Gasteiger partial charge in [0.1, 0.15) is 0 Å². The molecule has 2 N–H and O–H groups in total. The monoisotopic (exact) mass is 284 g/mol. The molecule has 1 aliphatic rings. The molecule has 1 aromatic rings. The summed E-state index contributed by atoms with van der Waals surface area (Å²) in [6, 6.07) is 7.75. The molecular weight excluding hydrogens is 268 g/mol. The van der Waals surface area contributed by atoms with Gasteiger partial charge in [0.2, 0.25) is 5.91 Å². The van der Waals surface area contributed by atoms with Crippen molar-refractivity contribution in [3.8, 4) is 0 Å². The van der Waals surface area contributed by atoms with Gasteiger partial charge in [-0.2, -0.15) is 0 Å². The first kappa shape index (κ1) is 13.7. The first-order chi connectivity index (χ1) is 8.74. The highest BCUT2D eigenvalue weighted by molar-refractivity contribution is 7.99. The molecule has 1 fully saturated rings. The van der Waals surface area contributed by atoms with Crippen LogP contribution in [0.4, 0.5) is 0 Å². The number of thioether (sulfide) groups is 1. The second-order valence-electron chi connectivity index (χ2n) is 4.45. The van der Waals surface area contributed by atoms with Gasteiger partial charge in [-0.25, -0.2) is 0 Å². The number of hydrogen-bond donors (Lipinski definition) is 2. The number of amides is 1. The third kappa shape index (κ3) is 4.52. The number of carbonyl (C=O) groups is 1. The summed E-state index contributed by atoms with van der Waals surface area (Å²) < 4.78 is 0. The fourth-order valence-corrected chi connectivity index (χ4v) is 2.71. The molecule has 1 amide bonds. The van der Waals surface area contributed by atoms with Crippen LogP contribution in [-0.2, 0) is 10.5 Å². The molecule has 0 aromatic heterocycles. The van der Waals surface area contributed by atoms with Gasteiger partial charge in [-0.15, -0.1) is 11.8 Å². The van der Waals surface area contributed by atoms with E-state index in [4.69, 9.17) is 11.6 Å². The number of nitrogens with one attached hydrogen (secondary N) is 2. The molecular formula is C13H17ClN2OS. The Morgan fingerprint density at radius 3 is 3.00 bits per heavy atom. The maximum Gasteiger partial charge on any atom is 0.230 e. The van der Waals surface area contributed by atoms with Crippen LogP contribution in [-0.4, -0.2) is 31.3 Å². The van der Waals surface area contributed by atoms with E-state index in [0.717, 1.165) is 36.0 Å². The summed E-state index contributed by atoms with van der Waals surface area (Å²) in [5.74, 6) is 2.06. The third-order valence-corrected chi connectivity index (χ3v) is 4.08. The van der Waals surface area contributed by atoms with Crippen LogP contribution in [0.15, 0.2) is 24.3 Å². The molecule has 3 nitrogen and oxygen atoms in total. The lowest BCUT2D eigenvalue weighted by Gasteiger charge is -2.27. The van der Waals surface area contributed by atoms with Crippen molar-refractivity contribution in [2.45, 2.75) is 5.75 Å². The lowest BCUT2D eigenvalue weighted by molar-refractivity contribution is -0.118. The molecule has 0 unspecified atom stereocenters. The lowest BCUT2D eigenvalue weighted by Crippen LogP contribution is -2.48. The lowest BCUT2D eigenvalue weighted by atomic mass is 10.0. The molecule has 2 rings (SSSR count). The van der Waals surface area contributed by atoms with Crippen LogP contribution in [0.1, 0.15) is 5.56 Å². The predicted octanol–water partition coefficient (Wildman–Crippen LogP) is 1.91. The average Bonchev–Trinajstić information content (AvgIpc) is 2.27. The zero-order valence-electron chi connectivity index (χ0n) is 10.1. The van der Waals surface area contributed by atoms with Gasteiger partial charge in [0, 0.05) is 36.3 Å². The molecule has 0 bridgehead atoms. The van der Waals surface area contributed by atoms with Crippen molar-refractivity contribution in [3.05, 3.63) is 34.9 Å². The molecule has 1 saturated heterocycles. The summed E-state index contributed by atoms with van der Waals surface area (Å²) in [7, 11) is 0. The summed E-state index contributed by atoms with van der Waals surface area (Å²) in [5.41, 5.74) is 1.16. The van der Waals surface area contributed by atoms with Gasteiger partial charge in [-0.1, -0.05) is 23.7 Å². The normalized spacial score (nSPS) is 15.2. The van der Waals surface area contributed by atoms with Crippen molar-refractivity contribution >= 4 is 29.3 Å². The minimum absolute atomic E-state index is 0.119. The van der Waals surface area contributed by atoms with Gasteiger partial charge in [-0.05, 0) is 17.7 Å². The number of hydrogen-bond acceptors (Lipinski definition) is 3. The Balaban J connectivity index is 1.60. The van der Waals surface area contributed by atoms with Crippen molar-refractivity contribution in [1.29, 1.82) is 0 Å². The highest BCUT2D eigenvalue weighted by Crippen LogP contribution is 2.16. The van der Waals surface area contributed by atoms with E-state index in [9.17, 15) is 4.79 Å². The van der Waals surface area contributed by atoms with Gasteiger partial charge in [0.25, 0.3) is 0 Å². The Hall–Kier alpha value is -0.710. The molecule has 1 heterocycles. The number of rotatable bonds is 6. The fraction of sp³-hybridized carbons (Fsp3) is 0.462. The van der Waals surface area contributed by atoms with Crippen LogP contribution in [0.5, 0.6) is 0 Å². The van der Waals surface area contributed by atoms with E-state index < -0.39 is 0 Å². The maximum atomic E-state index is 11.6. The summed E-state index contributed by atoms with van der Waals surface area (Å²) in [4.78, 5) is 11.6. The summed E-state index contributed by atoms with van der Waals surface area (Å²) >= 11 is 7.51. The number of carbonyl (C=O) groups excluding carboxylic acids is 1. The van der Waals surface area contributed by atoms with E-state index in [1.54, 1.807) is 11.8 Å². The van der Waals surface area contributed by atoms with Gasteiger partial charge in [0.15, 0.2) is 0 Å². The van der Waals surface area contributed by atoms with Crippen LogP contribution in [0, 0.1) is 5.92 Å². The standard InChI is InChI=1S/C13H17ClN2OS/c14-12-3-1-2-10(4-12)8-18-9-13(17)16-7-11-5-15-6-11/h1-4,11,15H,5-9H2,(H,16,17). The fourth-order valence-electron chi connectivity index (χ4n) is 1.69. The van der Waals surface area contributed by atoms with Gasteiger partial charge in [-0.3, -0.25) is 4.79 Å². The number of halogens is 1. The van der Waals surface area contributed by atoms with Gasteiger partial charge < -0.3 is 10.6 Å². The van der Waals surface area contributed by atoms with Crippen molar-refractivity contribution in [1.82, 2.24) is 10.6 Å². The molecule has 1 aliphatic heterocycles. The largest absolute Gasteiger partial charge is 0.355 e. The van der Waals surface area contributed by atoms with Crippen molar-refractivity contribution in [2.24, 2.45) is 5.92 Å². The zero-order valence-corrected chi connectivity index (χ0v) is 11.7. The first-order valence-corrected chi connectivity index (χ1v) is 7.57. The molecule has 0 spiro atoms. The molecule has 18 heavy (non-hydrogen) atoms. The average molecular weight is 285 g/mol. The van der Waals surface area contributed by atoms with E-state index in [2.05, 4.69) is 10.6 Å². The van der Waals surface area contributed by atoms with E-state index in [1.165, 1.54) is 0 Å². The maximum absolute atomic E-state index is 11.6. The topological polar surface area (TPSA) is 41.1 Å². The van der Waals surface area contributed by atoms with E-state index in [1.807, 2.05) is 24.3 Å². The quantitative estimate of drug-likeness (QED) is 0.838. The van der Waals surface area contributed by atoms with Crippen molar-refractivity contribution < 1.29 is 4.79 Å². The van der Waals surface area contributed by atoms with Crippen LogP contribution < -0.4 is 10.6 Å². The minimum atomic E-state index is 0.119. The summed E-state index contributed by atoms with van der Waals surface area (Å²) in [6.45, 7) is 2.84. The zero-order chi connectivity index (χ0) is 12.8. The molecule has 5 heteroatoms. The minimum Gasteiger partial charge on any atom is -0.355 e. The summed E-state index contributed by atoms with van der Waals surface area (Å²) in [5, 5.41) is 6.89. The predicted molar refractivity (Wildman–Crippen MR) is 77.0 cm³/mol. The van der Waals surface area contributed by atoms with Crippen molar-refractivity contribution in [2.75, 3.05) is 25.4 Å². The van der Waals surface area contributed by atoms with Gasteiger partial charge in [0.05, 0.1) is 5.75 Å². The van der Waals surface area contributed by atoms with E-state index in [0.29, 0.717) is 11.7 Å². The van der Waals surface area contributed by atoms with Crippen LogP contribution >= 0.6 is 23.4 Å². The van der Waals surface area contributed by atoms with Crippen LogP contribution in [0.3, 0.4) is 0 Å². The Labute approximate surface area is 117 Å². The molecule has 0 saturated carbocycles. The molecule has 0 atom stereocenters. The third-order valence-electron chi connectivity index (χ3n) is 2.84. The molecule has 0 aliphatic carbocycles.